The van der Waals surface area contributed by atoms with Crippen molar-refractivity contribution in [1.82, 2.24) is 30.0 Å². The molecule has 3 saturated heterocycles. The molecule has 0 aromatic carbocycles. The largest absolute Gasteiger partial charge is 0.470 e. The molecule has 0 saturated carbocycles. The second-order valence-electron chi connectivity index (χ2n) is 7.76. The van der Waals surface area contributed by atoms with Crippen molar-refractivity contribution in [1.29, 1.82) is 0 Å². The molecule has 5 heterocycles. The molecule has 0 bridgehead atoms. The van der Waals surface area contributed by atoms with Crippen molar-refractivity contribution in [3.05, 3.63) is 11.3 Å². The molecule has 0 radical (unpaired) electrons. The van der Waals surface area contributed by atoms with E-state index in [9.17, 15) is 0 Å². The van der Waals surface area contributed by atoms with Gasteiger partial charge in [-0.15, -0.1) is 0 Å². The lowest BCUT2D eigenvalue weighted by Crippen LogP contribution is -2.53. The highest BCUT2D eigenvalue weighted by molar-refractivity contribution is 6.30. The van der Waals surface area contributed by atoms with Crippen molar-refractivity contribution in [2.45, 2.75) is 31.8 Å². The van der Waals surface area contributed by atoms with Crippen LogP contribution in [0.1, 0.15) is 25.7 Å². The second-order valence-corrected chi connectivity index (χ2v) is 8.11. The maximum atomic E-state index is 6.27. The Kier molecular flexibility index (Phi) is 5.63. The van der Waals surface area contributed by atoms with Crippen LogP contribution in [0.3, 0.4) is 0 Å². The molecule has 156 valence electrons. The Bertz CT molecular complexity index is 850. The van der Waals surface area contributed by atoms with E-state index in [1.165, 1.54) is 25.9 Å². The number of anilines is 1. The second kappa shape index (κ2) is 8.51. The Morgan fingerprint density at radius 1 is 0.966 bits per heavy atom. The fourth-order valence-corrected chi connectivity index (χ4v) is 4.34. The average molecular weight is 420 g/mol. The first-order valence-corrected chi connectivity index (χ1v) is 10.8. The minimum absolute atomic E-state index is 0.0482. The Balaban J connectivity index is 1.30. The summed E-state index contributed by atoms with van der Waals surface area (Å²) in [5.74, 6) is 1.00. The Labute approximate surface area is 174 Å². The van der Waals surface area contributed by atoms with E-state index >= 15 is 0 Å². The summed E-state index contributed by atoms with van der Waals surface area (Å²) < 4.78 is 11.4. The fourth-order valence-electron chi connectivity index (χ4n) is 4.17. The zero-order chi connectivity index (χ0) is 19.6. The Hall–Kier alpha value is -1.81. The van der Waals surface area contributed by atoms with Crippen LogP contribution in [0.5, 0.6) is 5.88 Å². The van der Waals surface area contributed by atoms with Gasteiger partial charge in [-0.25, -0.2) is 20.0 Å². The molecule has 0 unspecified atom stereocenters. The fraction of sp³-hybridized carbons (Fsp3) is 0.684. The SMILES string of the molecule is Clc1nc2cnc(N3CCN(N4CCCC4)CC3)nc2nc1O[C@@H]1CCCOC1. The van der Waals surface area contributed by atoms with Crippen molar-refractivity contribution >= 4 is 28.7 Å². The molecule has 10 heteroatoms. The van der Waals surface area contributed by atoms with E-state index in [4.69, 9.17) is 21.1 Å². The van der Waals surface area contributed by atoms with Gasteiger partial charge in [-0.05, 0) is 25.7 Å². The average Bonchev–Trinajstić information content (AvgIpc) is 3.30. The quantitative estimate of drug-likeness (QED) is 0.736. The molecule has 29 heavy (non-hydrogen) atoms. The molecule has 3 fully saturated rings. The highest BCUT2D eigenvalue weighted by Gasteiger charge is 2.26. The van der Waals surface area contributed by atoms with Gasteiger partial charge in [0.15, 0.2) is 10.8 Å². The van der Waals surface area contributed by atoms with E-state index in [-0.39, 0.29) is 11.3 Å². The maximum absolute atomic E-state index is 6.27. The molecular weight excluding hydrogens is 394 g/mol. The molecule has 0 spiro atoms. The van der Waals surface area contributed by atoms with Crippen LogP contribution < -0.4 is 9.64 Å². The van der Waals surface area contributed by atoms with E-state index < -0.39 is 0 Å². The van der Waals surface area contributed by atoms with Gasteiger partial charge in [0.25, 0.3) is 5.88 Å². The Morgan fingerprint density at radius 3 is 2.52 bits per heavy atom. The minimum Gasteiger partial charge on any atom is -0.470 e. The standard InChI is InChI=1S/C19H26ClN7O2/c20-16-18(29-14-4-3-11-28-13-14)23-17-15(22-16)12-21-19(24-17)25-7-9-27(10-8-25)26-5-1-2-6-26/h12,14H,1-11,13H2/t14-/m1/s1. The van der Waals surface area contributed by atoms with Gasteiger partial charge < -0.3 is 14.4 Å². The number of ether oxygens (including phenoxy) is 2. The van der Waals surface area contributed by atoms with Gasteiger partial charge in [-0.2, -0.15) is 9.97 Å². The van der Waals surface area contributed by atoms with E-state index in [1.54, 1.807) is 6.20 Å². The van der Waals surface area contributed by atoms with Crippen molar-refractivity contribution in [2.24, 2.45) is 0 Å². The molecule has 3 aliphatic rings. The predicted octanol–water partition coefficient (Wildman–Crippen LogP) is 1.76. The van der Waals surface area contributed by atoms with Gasteiger partial charge in [-0.1, -0.05) is 11.6 Å². The molecule has 0 amide bonds. The lowest BCUT2D eigenvalue weighted by molar-refractivity contribution is -0.00779. The van der Waals surface area contributed by atoms with E-state index in [0.717, 1.165) is 45.6 Å². The number of halogens is 1. The maximum Gasteiger partial charge on any atom is 0.254 e. The number of hydrogen-bond acceptors (Lipinski definition) is 9. The number of hydrogen-bond donors (Lipinski definition) is 0. The van der Waals surface area contributed by atoms with Crippen molar-refractivity contribution < 1.29 is 9.47 Å². The summed E-state index contributed by atoms with van der Waals surface area (Å²) >= 11 is 6.27. The number of rotatable bonds is 4. The molecular formula is C19H26ClN7O2. The van der Waals surface area contributed by atoms with Gasteiger partial charge in [0.2, 0.25) is 5.95 Å². The molecule has 2 aromatic rings. The lowest BCUT2D eigenvalue weighted by Gasteiger charge is -2.39. The highest BCUT2D eigenvalue weighted by Crippen LogP contribution is 2.26. The lowest BCUT2D eigenvalue weighted by atomic mass is 10.2. The smallest absolute Gasteiger partial charge is 0.254 e. The van der Waals surface area contributed by atoms with Gasteiger partial charge in [-0.3, -0.25) is 0 Å². The van der Waals surface area contributed by atoms with Crippen LogP contribution in [-0.4, -0.2) is 88.5 Å². The van der Waals surface area contributed by atoms with Gasteiger partial charge >= 0.3 is 0 Å². The van der Waals surface area contributed by atoms with Gasteiger partial charge in [0, 0.05) is 45.9 Å². The number of piperazine rings is 1. The third kappa shape index (κ3) is 4.23. The number of aromatic nitrogens is 4. The highest BCUT2D eigenvalue weighted by atomic mass is 35.5. The van der Waals surface area contributed by atoms with Gasteiger partial charge in [0.1, 0.15) is 11.6 Å². The van der Waals surface area contributed by atoms with Crippen molar-refractivity contribution in [3.63, 3.8) is 0 Å². The van der Waals surface area contributed by atoms with Crippen molar-refractivity contribution in [2.75, 3.05) is 57.4 Å². The molecule has 9 nitrogen and oxygen atoms in total. The summed E-state index contributed by atoms with van der Waals surface area (Å²) in [4.78, 5) is 20.3. The van der Waals surface area contributed by atoms with Crippen LogP contribution in [0.15, 0.2) is 6.20 Å². The number of fused-ring (bicyclic) bond motifs is 1. The summed E-state index contributed by atoms with van der Waals surface area (Å²) in [7, 11) is 0. The normalized spacial score (nSPS) is 24.3. The minimum atomic E-state index is -0.0482. The van der Waals surface area contributed by atoms with Crippen LogP contribution in [0.4, 0.5) is 5.95 Å². The summed E-state index contributed by atoms with van der Waals surface area (Å²) in [6.45, 7) is 7.45. The first-order valence-electron chi connectivity index (χ1n) is 10.5. The van der Waals surface area contributed by atoms with E-state index in [1.807, 2.05) is 0 Å². The van der Waals surface area contributed by atoms with Crippen LogP contribution in [0.25, 0.3) is 11.2 Å². The molecule has 0 aliphatic carbocycles. The Morgan fingerprint density at radius 2 is 1.76 bits per heavy atom. The molecule has 3 aliphatic heterocycles. The topological polar surface area (TPSA) is 79.7 Å². The third-order valence-electron chi connectivity index (χ3n) is 5.76. The molecule has 0 N–H and O–H groups in total. The summed E-state index contributed by atoms with van der Waals surface area (Å²) in [5.41, 5.74) is 1.08. The van der Waals surface area contributed by atoms with Crippen LogP contribution in [0.2, 0.25) is 5.15 Å². The molecule has 5 rings (SSSR count). The zero-order valence-corrected chi connectivity index (χ0v) is 17.2. The molecule has 1 atom stereocenters. The number of hydrazine groups is 1. The summed E-state index contributed by atoms with van der Waals surface area (Å²) in [6.07, 6.45) is 6.13. The monoisotopic (exact) mass is 419 g/mol. The zero-order valence-electron chi connectivity index (χ0n) is 16.5. The van der Waals surface area contributed by atoms with Crippen LogP contribution >= 0.6 is 11.6 Å². The first-order chi connectivity index (χ1) is 14.3. The predicted molar refractivity (Wildman–Crippen MR) is 109 cm³/mol. The molecule has 2 aromatic heterocycles. The third-order valence-corrected chi connectivity index (χ3v) is 6.00. The van der Waals surface area contributed by atoms with Gasteiger partial charge in [0.05, 0.1) is 12.8 Å². The summed E-state index contributed by atoms with van der Waals surface area (Å²) in [6, 6.07) is 0. The van der Waals surface area contributed by atoms with Crippen molar-refractivity contribution in [3.8, 4) is 5.88 Å². The first kappa shape index (κ1) is 19.2. The van der Waals surface area contributed by atoms with Crippen LogP contribution in [0, 0.1) is 0 Å². The van der Waals surface area contributed by atoms with Crippen LogP contribution in [-0.2, 0) is 4.74 Å². The summed E-state index contributed by atoms with van der Waals surface area (Å²) in [5, 5.41) is 5.17. The van der Waals surface area contributed by atoms with E-state index in [2.05, 4.69) is 34.9 Å². The number of nitrogens with zero attached hydrogens (tertiary/aromatic N) is 7. The van der Waals surface area contributed by atoms with E-state index in [0.29, 0.717) is 29.6 Å².